The molecule has 0 spiro atoms. The molecule has 0 unspecified atom stereocenters. The van der Waals surface area contributed by atoms with Crippen molar-refractivity contribution in [2.45, 2.75) is 38.8 Å². The third kappa shape index (κ3) is 7.76. The number of carbonyl (C=O) groups is 3. The Labute approximate surface area is 187 Å². The van der Waals surface area contributed by atoms with Crippen molar-refractivity contribution in [1.82, 2.24) is 5.32 Å². The molecular weight excluding hydrogens is 412 g/mol. The fourth-order valence-electron chi connectivity index (χ4n) is 2.74. The van der Waals surface area contributed by atoms with Crippen molar-refractivity contribution < 1.29 is 28.6 Å². The first-order valence-corrected chi connectivity index (χ1v) is 9.93. The number of amides is 1. The van der Waals surface area contributed by atoms with E-state index in [-0.39, 0.29) is 13.0 Å². The number of benzene rings is 2. The molecule has 0 radical (unpaired) electrons. The van der Waals surface area contributed by atoms with Gasteiger partial charge in [0.25, 0.3) is 5.91 Å². The van der Waals surface area contributed by atoms with Crippen molar-refractivity contribution in [2.24, 2.45) is 0 Å². The summed E-state index contributed by atoms with van der Waals surface area (Å²) in [4.78, 5) is 36.4. The van der Waals surface area contributed by atoms with E-state index in [1.165, 1.54) is 31.4 Å². The van der Waals surface area contributed by atoms with Crippen molar-refractivity contribution in [3.63, 3.8) is 0 Å². The summed E-state index contributed by atoms with van der Waals surface area (Å²) in [7, 11) is 1.25. The van der Waals surface area contributed by atoms with Crippen molar-refractivity contribution >= 4 is 17.8 Å². The molecule has 0 bridgehead atoms. The maximum absolute atomic E-state index is 12.5. The van der Waals surface area contributed by atoms with Gasteiger partial charge in [-0.1, -0.05) is 12.1 Å². The Morgan fingerprint density at radius 3 is 2.19 bits per heavy atom. The van der Waals surface area contributed by atoms with Crippen LogP contribution in [0.3, 0.4) is 0 Å². The van der Waals surface area contributed by atoms with Crippen LogP contribution in [0.1, 0.15) is 42.3 Å². The summed E-state index contributed by atoms with van der Waals surface area (Å²) in [6.45, 7) is 5.11. The van der Waals surface area contributed by atoms with Crippen LogP contribution in [-0.2, 0) is 25.5 Å². The Morgan fingerprint density at radius 2 is 1.66 bits per heavy atom. The molecule has 0 aliphatic carbocycles. The molecule has 1 amide bonds. The van der Waals surface area contributed by atoms with Crippen LogP contribution < -0.4 is 10.1 Å². The van der Waals surface area contributed by atoms with Crippen molar-refractivity contribution in [3.05, 3.63) is 65.2 Å². The van der Waals surface area contributed by atoms with Crippen molar-refractivity contribution in [1.29, 1.82) is 5.26 Å². The van der Waals surface area contributed by atoms with E-state index in [0.29, 0.717) is 16.9 Å². The molecule has 8 heteroatoms. The van der Waals surface area contributed by atoms with Crippen LogP contribution in [0.5, 0.6) is 5.75 Å². The third-order valence-electron chi connectivity index (χ3n) is 4.21. The number of hydrogen-bond donors (Lipinski definition) is 1. The summed E-state index contributed by atoms with van der Waals surface area (Å²) < 4.78 is 15.4. The zero-order valence-corrected chi connectivity index (χ0v) is 18.5. The summed E-state index contributed by atoms with van der Waals surface area (Å²) >= 11 is 0. The standard InChI is InChI=1S/C24H26N2O6/c1-24(2,3)32-21(27)15-31-19-11-7-16(8-12-19)13-20(23(29)30-4)26-22(28)18-9-5-17(14-25)6-10-18/h5-12,20H,13,15H2,1-4H3,(H,26,28)/t20-/m0/s1. The number of nitrogens with one attached hydrogen (secondary N) is 1. The summed E-state index contributed by atoms with van der Waals surface area (Å²) in [5.41, 5.74) is 0.920. The molecule has 0 saturated carbocycles. The lowest BCUT2D eigenvalue weighted by Crippen LogP contribution is -2.43. The smallest absolute Gasteiger partial charge is 0.344 e. The van der Waals surface area contributed by atoms with Gasteiger partial charge in [-0.15, -0.1) is 0 Å². The summed E-state index contributed by atoms with van der Waals surface area (Å²) in [5, 5.41) is 11.5. The van der Waals surface area contributed by atoms with Crippen LogP contribution in [0.2, 0.25) is 0 Å². The van der Waals surface area contributed by atoms with E-state index >= 15 is 0 Å². The number of rotatable bonds is 8. The molecule has 0 aliphatic rings. The maximum atomic E-state index is 12.5. The minimum absolute atomic E-state index is 0.195. The van der Waals surface area contributed by atoms with Gasteiger partial charge < -0.3 is 19.5 Å². The van der Waals surface area contributed by atoms with Gasteiger partial charge in [0, 0.05) is 12.0 Å². The van der Waals surface area contributed by atoms with Crippen LogP contribution in [0.15, 0.2) is 48.5 Å². The largest absolute Gasteiger partial charge is 0.482 e. The summed E-state index contributed by atoms with van der Waals surface area (Å²) in [5.74, 6) is -1.05. The molecule has 1 N–H and O–H groups in total. The Balaban J connectivity index is 1.99. The Hall–Kier alpha value is -3.86. The van der Waals surface area contributed by atoms with Crippen LogP contribution in [0.4, 0.5) is 0 Å². The second-order valence-corrected chi connectivity index (χ2v) is 7.96. The lowest BCUT2D eigenvalue weighted by atomic mass is 10.0. The van der Waals surface area contributed by atoms with E-state index < -0.39 is 29.5 Å². The molecule has 0 heterocycles. The molecule has 32 heavy (non-hydrogen) atoms. The first kappa shape index (κ1) is 24.4. The topological polar surface area (TPSA) is 115 Å². The fraction of sp³-hybridized carbons (Fsp3) is 0.333. The highest BCUT2D eigenvalue weighted by Crippen LogP contribution is 2.15. The number of esters is 2. The van der Waals surface area contributed by atoms with E-state index in [0.717, 1.165) is 5.56 Å². The highest BCUT2D eigenvalue weighted by atomic mass is 16.6. The van der Waals surface area contributed by atoms with E-state index in [4.69, 9.17) is 19.5 Å². The predicted molar refractivity (Wildman–Crippen MR) is 116 cm³/mol. The van der Waals surface area contributed by atoms with Gasteiger partial charge >= 0.3 is 11.9 Å². The summed E-state index contributed by atoms with van der Waals surface area (Å²) in [6, 6.07) is 13.9. The molecule has 0 aliphatic heterocycles. The minimum Gasteiger partial charge on any atom is -0.482 e. The molecule has 0 saturated heterocycles. The van der Waals surface area contributed by atoms with Crippen LogP contribution >= 0.6 is 0 Å². The summed E-state index contributed by atoms with van der Waals surface area (Å²) in [6.07, 6.45) is 0.195. The fourth-order valence-corrected chi connectivity index (χ4v) is 2.74. The van der Waals surface area contributed by atoms with Crippen molar-refractivity contribution in [2.75, 3.05) is 13.7 Å². The zero-order valence-electron chi connectivity index (χ0n) is 18.5. The van der Waals surface area contributed by atoms with Crippen LogP contribution in [0.25, 0.3) is 0 Å². The second-order valence-electron chi connectivity index (χ2n) is 7.96. The van der Waals surface area contributed by atoms with Crippen molar-refractivity contribution in [3.8, 4) is 11.8 Å². The maximum Gasteiger partial charge on any atom is 0.344 e. The first-order valence-electron chi connectivity index (χ1n) is 9.93. The van der Waals surface area contributed by atoms with Crippen LogP contribution in [-0.4, -0.2) is 43.2 Å². The van der Waals surface area contributed by atoms with Gasteiger partial charge in [0.1, 0.15) is 17.4 Å². The quantitative estimate of drug-likeness (QED) is 0.630. The number of methoxy groups -OCH3 is 1. The second kappa shape index (κ2) is 11.0. The molecule has 1 atom stereocenters. The Morgan fingerprint density at radius 1 is 1.03 bits per heavy atom. The molecule has 168 valence electrons. The monoisotopic (exact) mass is 438 g/mol. The molecular formula is C24H26N2O6. The van der Waals surface area contributed by atoms with E-state index in [1.54, 1.807) is 45.0 Å². The lowest BCUT2D eigenvalue weighted by Gasteiger charge is -2.19. The third-order valence-corrected chi connectivity index (χ3v) is 4.21. The average Bonchev–Trinajstić information content (AvgIpc) is 2.76. The molecule has 2 rings (SSSR count). The Kier molecular flexibility index (Phi) is 8.36. The Bertz CT molecular complexity index is 985. The zero-order chi connectivity index (χ0) is 23.7. The van der Waals surface area contributed by atoms with E-state index in [2.05, 4.69) is 5.32 Å². The van der Waals surface area contributed by atoms with E-state index in [9.17, 15) is 14.4 Å². The first-order chi connectivity index (χ1) is 15.1. The van der Waals surface area contributed by atoms with Gasteiger partial charge in [-0.2, -0.15) is 5.26 Å². The SMILES string of the molecule is COC(=O)[C@H](Cc1ccc(OCC(=O)OC(C)(C)C)cc1)NC(=O)c1ccc(C#N)cc1. The normalized spacial score (nSPS) is 11.6. The van der Waals surface area contributed by atoms with Gasteiger partial charge in [-0.25, -0.2) is 9.59 Å². The molecule has 2 aromatic rings. The highest BCUT2D eigenvalue weighted by molar-refractivity contribution is 5.96. The van der Waals surface area contributed by atoms with Gasteiger partial charge in [0.05, 0.1) is 18.7 Å². The van der Waals surface area contributed by atoms with Gasteiger partial charge in [-0.05, 0) is 62.7 Å². The van der Waals surface area contributed by atoms with Gasteiger partial charge in [-0.3, -0.25) is 4.79 Å². The van der Waals surface area contributed by atoms with Gasteiger partial charge in [0.15, 0.2) is 6.61 Å². The molecule has 0 fully saturated rings. The van der Waals surface area contributed by atoms with Gasteiger partial charge in [0.2, 0.25) is 0 Å². The molecule has 0 aromatic heterocycles. The predicted octanol–water partition coefficient (Wildman–Crippen LogP) is 2.79. The minimum atomic E-state index is -0.906. The highest BCUT2D eigenvalue weighted by Gasteiger charge is 2.23. The number of nitriles is 1. The van der Waals surface area contributed by atoms with E-state index in [1.807, 2.05) is 6.07 Å². The number of ether oxygens (including phenoxy) is 3. The molecule has 8 nitrogen and oxygen atoms in total. The number of carbonyl (C=O) groups excluding carboxylic acids is 3. The number of hydrogen-bond acceptors (Lipinski definition) is 7. The average molecular weight is 438 g/mol. The molecule has 2 aromatic carbocycles. The lowest BCUT2D eigenvalue weighted by molar-refractivity contribution is -0.157. The van der Waals surface area contributed by atoms with Crippen LogP contribution in [0, 0.1) is 11.3 Å². The number of nitrogens with zero attached hydrogens (tertiary/aromatic N) is 1.